The predicted octanol–water partition coefficient (Wildman–Crippen LogP) is 0.304. The maximum Gasteiger partial charge on any atom is 0.0701 e. The summed E-state index contributed by atoms with van der Waals surface area (Å²) < 4.78 is 16.7. The number of rotatable bonds is 1. The van der Waals surface area contributed by atoms with Crippen LogP contribution in [0.1, 0.15) is 6.92 Å². The summed E-state index contributed by atoms with van der Waals surface area (Å²) in [6.07, 6.45) is 0. The van der Waals surface area contributed by atoms with Gasteiger partial charge in [0.2, 0.25) is 0 Å². The molecule has 1 rings (SSSR count). The van der Waals surface area contributed by atoms with Gasteiger partial charge in [-0.2, -0.15) is 0 Å². The summed E-state index contributed by atoms with van der Waals surface area (Å²) in [5.41, 5.74) is 0. The largest absolute Gasteiger partial charge is 0.379 e. The van der Waals surface area contributed by atoms with E-state index in [2.05, 4.69) is 23.8 Å². The number of likely N-dealkylation sites (N-methyl/N-ethyl adjacent to an activating group) is 2. The molecule has 0 aliphatic carbocycles. The summed E-state index contributed by atoms with van der Waals surface area (Å²) in [4.78, 5) is 4.59. The van der Waals surface area contributed by atoms with E-state index < -0.39 is 0 Å². The summed E-state index contributed by atoms with van der Waals surface area (Å²) in [6.45, 7) is 11.6. The first-order chi connectivity index (χ1) is 8.83. The van der Waals surface area contributed by atoms with Gasteiger partial charge in [0.05, 0.1) is 39.6 Å². The van der Waals surface area contributed by atoms with Gasteiger partial charge in [-0.05, 0) is 13.6 Å². The van der Waals surface area contributed by atoms with Crippen molar-refractivity contribution in [3.05, 3.63) is 0 Å². The zero-order valence-corrected chi connectivity index (χ0v) is 11.9. The van der Waals surface area contributed by atoms with Gasteiger partial charge in [-0.1, -0.05) is 6.92 Å². The molecule has 0 aromatic rings. The van der Waals surface area contributed by atoms with E-state index >= 15 is 0 Å². The minimum Gasteiger partial charge on any atom is -0.379 e. The Kier molecular flexibility index (Phi) is 9.42. The first-order valence-electron chi connectivity index (χ1n) is 6.97. The zero-order valence-electron chi connectivity index (χ0n) is 11.9. The van der Waals surface area contributed by atoms with Crippen molar-refractivity contribution in [3.8, 4) is 0 Å². The van der Waals surface area contributed by atoms with E-state index in [1.54, 1.807) is 0 Å². The first kappa shape index (κ1) is 15.9. The molecule has 0 aromatic carbocycles. The molecule has 5 nitrogen and oxygen atoms in total. The monoisotopic (exact) mass is 260 g/mol. The normalized spacial score (nSPS) is 24.3. The van der Waals surface area contributed by atoms with Crippen LogP contribution < -0.4 is 0 Å². The smallest absolute Gasteiger partial charge is 0.0701 e. The number of nitrogens with zero attached hydrogens (tertiary/aromatic N) is 2. The lowest BCUT2D eigenvalue weighted by Gasteiger charge is -2.20. The van der Waals surface area contributed by atoms with E-state index in [1.165, 1.54) is 0 Å². The molecule has 0 amide bonds. The van der Waals surface area contributed by atoms with Gasteiger partial charge in [-0.3, -0.25) is 4.90 Å². The van der Waals surface area contributed by atoms with Crippen molar-refractivity contribution < 1.29 is 14.2 Å². The molecule has 5 heteroatoms. The van der Waals surface area contributed by atoms with Crippen molar-refractivity contribution in [2.45, 2.75) is 6.92 Å². The molecule has 18 heavy (non-hydrogen) atoms. The summed E-state index contributed by atoms with van der Waals surface area (Å²) in [7, 11) is 2.10. The van der Waals surface area contributed by atoms with Gasteiger partial charge in [-0.15, -0.1) is 0 Å². The van der Waals surface area contributed by atoms with Crippen LogP contribution in [0.15, 0.2) is 0 Å². The third-order valence-corrected chi connectivity index (χ3v) is 3.16. The summed E-state index contributed by atoms with van der Waals surface area (Å²) in [5, 5.41) is 0. The van der Waals surface area contributed by atoms with Crippen molar-refractivity contribution in [2.24, 2.45) is 0 Å². The average molecular weight is 260 g/mol. The van der Waals surface area contributed by atoms with Gasteiger partial charge in [0.25, 0.3) is 0 Å². The molecule has 108 valence electrons. The summed E-state index contributed by atoms with van der Waals surface area (Å²) in [6, 6.07) is 0. The maximum atomic E-state index is 5.65. The lowest BCUT2D eigenvalue weighted by Crippen LogP contribution is -2.32. The fourth-order valence-electron chi connectivity index (χ4n) is 1.79. The molecule has 0 atom stereocenters. The minimum absolute atomic E-state index is 0.691. The second-order valence-corrected chi connectivity index (χ2v) is 4.57. The molecule has 1 heterocycles. The van der Waals surface area contributed by atoms with Crippen LogP contribution in [0.4, 0.5) is 0 Å². The van der Waals surface area contributed by atoms with E-state index in [0.29, 0.717) is 13.2 Å². The van der Waals surface area contributed by atoms with Crippen LogP contribution in [-0.2, 0) is 14.2 Å². The lowest BCUT2D eigenvalue weighted by atomic mass is 10.4. The van der Waals surface area contributed by atoms with Gasteiger partial charge in [0.15, 0.2) is 0 Å². The van der Waals surface area contributed by atoms with Crippen LogP contribution in [0, 0.1) is 0 Å². The van der Waals surface area contributed by atoms with E-state index in [1.807, 2.05) is 0 Å². The van der Waals surface area contributed by atoms with Crippen LogP contribution in [0.25, 0.3) is 0 Å². The van der Waals surface area contributed by atoms with Crippen molar-refractivity contribution in [3.63, 3.8) is 0 Å². The van der Waals surface area contributed by atoms with Crippen LogP contribution in [-0.4, -0.2) is 89.2 Å². The molecule has 1 aliphatic heterocycles. The molecule has 0 spiro atoms. The Hall–Kier alpha value is -0.200. The molecular formula is C13H28N2O3. The molecule has 1 aliphatic rings. The lowest BCUT2D eigenvalue weighted by molar-refractivity contribution is 0.0344. The van der Waals surface area contributed by atoms with E-state index in [0.717, 1.165) is 59.2 Å². The Morgan fingerprint density at radius 1 is 0.722 bits per heavy atom. The first-order valence-corrected chi connectivity index (χ1v) is 6.97. The quantitative estimate of drug-likeness (QED) is 0.677. The predicted molar refractivity (Wildman–Crippen MR) is 72.1 cm³/mol. The molecule has 0 unspecified atom stereocenters. The maximum absolute atomic E-state index is 5.65. The highest BCUT2D eigenvalue weighted by atomic mass is 16.5. The number of hydrogen-bond acceptors (Lipinski definition) is 5. The Labute approximate surface area is 111 Å². The molecule has 1 fully saturated rings. The minimum atomic E-state index is 0.691. The molecular weight excluding hydrogens is 232 g/mol. The second kappa shape index (κ2) is 10.7. The summed E-state index contributed by atoms with van der Waals surface area (Å²) >= 11 is 0. The van der Waals surface area contributed by atoms with Crippen LogP contribution in [0.5, 0.6) is 0 Å². The molecule has 0 saturated carbocycles. The van der Waals surface area contributed by atoms with Crippen LogP contribution in [0.2, 0.25) is 0 Å². The SMILES string of the molecule is CCN1CCOCCOCCN(C)CCOCC1. The van der Waals surface area contributed by atoms with Crippen molar-refractivity contribution in [2.75, 3.05) is 79.4 Å². The fourth-order valence-corrected chi connectivity index (χ4v) is 1.79. The highest BCUT2D eigenvalue weighted by molar-refractivity contribution is 4.55. The van der Waals surface area contributed by atoms with Gasteiger partial charge >= 0.3 is 0 Å². The molecule has 0 N–H and O–H groups in total. The van der Waals surface area contributed by atoms with Gasteiger partial charge in [0.1, 0.15) is 0 Å². The van der Waals surface area contributed by atoms with Crippen LogP contribution >= 0.6 is 0 Å². The van der Waals surface area contributed by atoms with Crippen LogP contribution in [0.3, 0.4) is 0 Å². The van der Waals surface area contributed by atoms with Gasteiger partial charge in [0, 0.05) is 26.2 Å². The van der Waals surface area contributed by atoms with E-state index in [-0.39, 0.29) is 0 Å². The molecule has 0 radical (unpaired) electrons. The summed E-state index contributed by atoms with van der Waals surface area (Å²) in [5.74, 6) is 0. The molecule has 1 saturated heterocycles. The number of ether oxygens (including phenoxy) is 3. The van der Waals surface area contributed by atoms with Crippen molar-refractivity contribution >= 4 is 0 Å². The van der Waals surface area contributed by atoms with E-state index in [4.69, 9.17) is 14.2 Å². The third-order valence-electron chi connectivity index (χ3n) is 3.16. The highest BCUT2D eigenvalue weighted by Crippen LogP contribution is 1.92. The Morgan fingerprint density at radius 2 is 1.17 bits per heavy atom. The highest BCUT2D eigenvalue weighted by Gasteiger charge is 2.04. The molecule has 0 bridgehead atoms. The zero-order chi connectivity index (χ0) is 13.1. The molecule has 0 aromatic heterocycles. The van der Waals surface area contributed by atoms with Crippen molar-refractivity contribution in [1.82, 2.24) is 9.80 Å². The van der Waals surface area contributed by atoms with Gasteiger partial charge in [-0.25, -0.2) is 0 Å². The standard InChI is InChI=1S/C13H28N2O3/c1-3-15-6-10-16-8-4-14(2)5-9-17-12-13-18-11-7-15/h3-13H2,1-2H3. The Bertz CT molecular complexity index is 193. The topological polar surface area (TPSA) is 34.2 Å². The second-order valence-electron chi connectivity index (χ2n) is 4.57. The fraction of sp³-hybridized carbons (Fsp3) is 1.00. The van der Waals surface area contributed by atoms with E-state index in [9.17, 15) is 0 Å². The number of hydrogen-bond donors (Lipinski definition) is 0. The third kappa shape index (κ3) is 8.00. The van der Waals surface area contributed by atoms with Crippen molar-refractivity contribution in [1.29, 1.82) is 0 Å². The Morgan fingerprint density at radius 3 is 1.67 bits per heavy atom. The Balaban J connectivity index is 2.24. The van der Waals surface area contributed by atoms with Gasteiger partial charge < -0.3 is 19.1 Å². The average Bonchev–Trinajstić information content (AvgIpc) is 2.38.